The molecule has 2 N–H and O–H groups in total. The monoisotopic (exact) mass is 298 g/mol. The fourth-order valence-electron chi connectivity index (χ4n) is 2.55. The van der Waals surface area contributed by atoms with Crippen LogP contribution in [-0.2, 0) is 4.74 Å². The minimum absolute atomic E-state index is 0.131. The number of nitrogens with two attached hydrogens (primary N) is 1. The zero-order valence-corrected chi connectivity index (χ0v) is 12.9. The smallest absolute Gasteiger partial charge is 0.106 e. The second kappa shape index (κ2) is 5.65. The zero-order chi connectivity index (χ0) is 14.0. The highest BCUT2D eigenvalue weighted by Crippen LogP contribution is 2.31. The Hall–Kier alpha value is -0.840. The Morgan fingerprint density at radius 1 is 1.53 bits per heavy atom. The number of hydrogen-bond acceptors (Lipinski definition) is 3. The third-order valence-corrected chi connectivity index (χ3v) is 4.17. The number of methoxy groups -OCH3 is 1. The highest BCUT2D eigenvalue weighted by molar-refractivity contribution is 7.80. The molecule has 1 unspecified atom stereocenters. The van der Waals surface area contributed by atoms with Gasteiger partial charge in [0.05, 0.1) is 5.60 Å². The summed E-state index contributed by atoms with van der Waals surface area (Å²) in [5.41, 5.74) is 7.55. The number of hydrogen-bond donors (Lipinski definition) is 1. The van der Waals surface area contributed by atoms with Crippen molar-refractivity contribution >= 4 is 34.5 Å². The molecule has 1 atom stereocenters. The van der Waals surface area contributed by atoms with Gasteiger partial charge in [0.1, 0.15) is 4.99 Å². The van der Waals surface area contributed by atoms with Gasteiger partial charge in [-0.1, -0.05) is 23.8 Å². The zero-order valence-electron chi connectivity index (χ0n) is 11.3. The average Bonchev–Trinajstić information content (AvgIpc) is 2.38. The third-order valence-electron chi connectivity index (χ3n) is 3.72. The summed E-state index contributed by atoms with van der Waals surface area (Å²) in [4.78, 5) is 2.66. The Morgan fingerprint density at radius 2 is 2.26 bits per heavy atom. The van der Waals surface area contributed by atoms with Crippen molar-refractivity contribution < 1.29 is 4.74 Å². The van der Waals surface area contributed by atoms with Crippen molar-refractivity contribution in [1.82, 2.24) is 0 Å². The fourth-order valence-corrected chi connectivity index (χ4v) is 2.89. The molecular formula is C14H19ClN2OS. The first-order chi connectivity index (χ1) is 8.95. The number of rotatable bonds is 3. The molecule has 1 aromatic carbocycles. The summed E-state index contributed by atoms with van der Waals surface area (Å²) < 4.78 is 5.62. The highest BCUT2D eigenvalue weighted by Gasteiger charge is 2.31. The van der Waals surface area contributed by atoms with Gasteiger partial charge in [0, 0.05) is 36.5 Å². The fraction of sp³-hybridized carbons (Fsp3) is 0.500. The van der Waals surface area contributed by atoms with E-state index in [0.717, 1.165) is 37.2 Å². The first kappa shape index (κ1) is 14.6. The molecule has 0 bridgehead atoms. The van der Waals surface area contributed by atoms with Crippen LogP contribution in [0.4, 0.5) is 5.69 Å². The van der Waals surface area contributed by atoms with Crippen LogP contribution in [0.3, 0.4) is 0 Å². The van der Waals surface area contributed by atoms with Crippen molar-refractivity contribution in [3.63, 3.8) is 0 Å². The number of thiocarbonyl (C=S) groups is 1. The van der Waals surface area contributed by atoms with Crippen LogP contribution < -0.4 is 10.6 Å². The maximum absolute atomic E-state index is 6.10. The van der Waals surface area contributed by atoms with Gasteiger partial charge in [-0.05, 0) is 38.0 Å². The standard InChI is InChI=1S/C14H19ClN2OS/c1-14(18-2)6-3-7-17(9-14)12-8-10(15)4-5-11(12)13(16)19/h4-5,8H,3,6-7,9H2,1-2H3,(H2,16,19). The van der Waals surface area contributed by atoms with Crippen LogP contribution in [0, 0.1) is 0 Å². The molecule has 1 aliphatic heterocycles. The predicted octanol–water partition coefficient (Wildman–Crippen LogP) is 2.98. The van der Waals surface area contributed by atoms with Crippen LogP contribution >= 0.6 is 23.8 Å². The summed E-state index contributed by atoms with van der Waals surface area (Å²) in [6, 6.07) is 5.63. The van der Waals surface area contributed by atoms with Gasteiger partial charge in [-0.2, -0.15) is 0 Å². The summed E-state index contributed by atoms with van der Waals surface area (Å²) >= 11 is 11.2. The quantitative estimate of drug-likeness (QED) is 0.871. The summed E-state index contributed by atoms with van der Waals surface area (Å²) in [5, 5.41) is 0.694. The number of nitrogens with zero attached hydrogens (tertiary/aromatic N) is 1. The molecule has 0 radical (unpaired) electrons. The Kier molecular flexibility index (Phi) is 4.33. The first-order valence-corrected chi connectivity index (χ1v) is 7.13. The van der Waals surface area contributed by atoms with Crippen LogP contribution in [0.25, 0.3) is 0 Å². The van der Waals surface area contributed by atoms with E-state index >= 15 is 0 Å². The molecule has 2 rings (SSSR count). The average molecular weight is 299 g/mol. The van der Waals surface area contributed by atoms with Crippen LogP contribution in [0.1, 0.15) is 25.3 Å². The number of halogens is 1. The van der Waals surface area contributed by atoms with E-state index < -0.39 is 0 Å². The minimum atomic E-state index is -0.131. The molecule has 1 aromatic rings. The van der Waals surface area contributed by atoms with Gasteiger partial charge >= 0.3 is 0 Å². The second-order valence-electron chi connectivity index (χ2n) is 5.20. The van der Waals surface area contributed by atoms with E-state index in [0.29, 0.717) is 10.0 Å². The van der Waals surface area contributed by atoms with E-state index in [1.807, 2.05) is 18.2 Å². The second-order valence-corrected chi connectivity index (χ2v) is 6.08. The molecule has 0 aliphatic carbocycles. The molecule has 1 aliphatic rings. The SMILES string of the molecule is COC1(C)CCCN(c2cc(Cl)ccc2C(N)=S)C1. The maximum Gasteiger partial charge on any atom is 0.106 e. The first-order valence-electron chi connectivity index (χ1n) is 6.35. The summed E-state index contributed by atoms with van der Waals surface area (Å²) in [6.45, 7) is 3.92. The van der Waals surface area contributed by atoms with Crippen molar-refractivity contribution in [3.8, 4) is 0 Å². The molecular weight excluding hydrogens is 280 g/mol. The van der Waals surface area contributed by atoms with Gasteiger partial charge in [-0.3, -0.25) is 0 Å². The Balaban J connectivity index is 2.35. The van der Waals surface area contributed by atoms with Gasteiger partial charge in [0.15, 0.2) is 0 Å². The van der Waals surface area contributed by atoms with Crippen LogP contribution in [0.5, 0.6) is 0 Å². The lowest BCUT2D eigenvalue weighted by Gasteiger charge is -2.41. The molecule has 1 saturated heterocycles. The molecule has 0 amide bonds. The molecule has 19 heavy (non-hydrogen) atoms. The lowest BCUT2D eigenvalue weighted by Crippen LogP contribution is -2.48. The number of benzene rings is 1. The molecule has 1 heterocycles. The van der Waals surface area contributed by atoms with E-state index in [4.69, 9.17) is 34.3 Å². The number of piperidine rings is 1. The topological polar surface area (TPSA) is 38.5 Å². The normalized spacial score (nSPS) is 23.4. The van der Waals surface area contributed by atoms with Crippen molar-refractivity contribution in [1.29, 1.82) is 0 Å². The van der Waals surface area contributed by atoms with Crippen molar-refractivity contribution in [2.24, 2.45) is 5.73 Å². The highest BCUT2D eigenvalue weighted by atomic mass is 35.5. The molecule has 3 nitrogen and oxygen atoms in total. The largest absolute Gasteiger partial charge is 0.389 e. The summed E-state index contributed by atoms with van der Waals surface area (Å²) in [7, 11) is 1.76. The van der Waals surface area contributed by atoms with E-state index in [-0.39, 0.29) is 5.60 Å². The molecule has 104 valence electrons. The predicted molar refractivity (Wildman–Crippen MR) is 84.2 cm³/mol. The van der Waals surface area contributed by atoms with E-state index in [9.17, 15) is 0 Å². The minimum Gasteiger partial charge on any atom is -0.389 e. The van der Waals surface area contributed by atoms with Gasteiger partial charge in [-0.25, -0.2) is 0 Å². The summed E-state index contributed by atoms with van der Waals surface area (Å²) in [6.07, 6.45) is 2.14. The Morgan fingerprint density at radius 3 is 2.89 bits per heavy atom. The Bertz CT molecular complexity index is 494. The van der Waals surface area contributed by atoms with Crippen LogP contribution in [0.15, 0.2) is 18.2 Å². The molecule has 1 fully saturated rings. The molecule has 0 spiro atoms. The van der Waals surface area contributed by atoms with Crippen LogP contribution in [-0.4, -0.2) is 30.8 Å². The lowest BCUT2D eigenvalue weighted by atomic mass is 9.94. The van der Waals surface area contributed by atoms with E-state index in [1.54, 1.807) is 7.11 Å². The van der Waals surface area contributed by atoms with Gasteiger partial charge < -0.3 is 15.4 Å². The Labute approximate surface area is 124 Å². The maximum atomic E-state index is 6.10. The molecule has 0 aromatic heterocycles. The van der Waals surface area contributed by atoms with Crippen molar-refractivity contribution in [2.45, 2.75) is 25.4 Å². The van der Waals surface area contributed by atoms with Gasteiger partial charge in [0.2, 0.25) is 0 Å². The molecule has 0 saturated carbocycles. The number of anilines is 1. The van der Waals surface area contributed by atoms with Crippen LogP contribution in [0.2, 0.25) is 5.02 Å². The van der Waals surface area contributed by atoms with Crippen molar-refractivity contribution in [2.75, 3.05) is 25.1 Å². The summed E-state index contributed by atoms with van der Waals surface area (Å²) in [5.74, 6) is 0. The van der Waals surface area contributed by atoms with E-state index in [2.05, 4.69) is 11.8 Å². The van der Waals surface area contributed by atoms with Gasteiger partial charge in [-0.15, -0.1) is 0 Å². The third kappa shape index (κ3) is 3.19. The lowest BCUT2D eigenvalue weighted by molar-refractivity contribution is -0.00465. The van der Waals surface area contributed by atoms with Gasteiger partial charge in [0.25, 0.3) is 0 Å². The van der Waals surface area contributed by atoms with E-state index in [1.165, 1.54) is 0 Å². The molecule has 5 heteroatoms. The van der Waals surface area contributed by atoms with Crippen molar-refractivity contribution in [3.05, 3.63) is 28.8 Å². The number of ether oxygens (including phenoxy) is 1.